The van der Waals surface area contributed by atoms with E-state index in [1.165, 1.54) is 31.4 Å². The van der Waals surface area contributed by atoms with Gasteiger partial charge in [0.1, 0.15) is 5.75 Å². The first kappa shape index (κ1) is 13.4. The second kappa shape index (κ2) is 4.93. The summed E-state index contributed by atoms with van der Waals surface area (Å²) in [6, 6.07) is 4.05. The predicted molar refractivity (Wildman–Crippen MR) is 70.3 cm³/mol. The number of carboxylic acids is 1. The number of aromatic carboxylic acids is 1. The van der Waals surface area contributed by atoms with Crippen LogP contribution in [0.3, 0.4) is 0 Å². The third kappa shape index (κ3) is 3.05. The minimum Gasteiger partial charge on any atom is -0.497 e. The molecule has 1 heterocycles. The predicted octanol–water partition coefficient (Wildman–Crippen LogP) is 1.12. The fraction of sp³-hybridized carbons (Fsp3) is 0.250. The summed E-state index contributed by atoms with van der Waals surface area (Å²) >= 11 is 0. The van der Waals surface area contributed by atoms with Crippen LogP contribution in [-0.2, 0) is 9.84 Å². The fourth-order valence-electron chi connectivity index (χ4n) is 1.82. The Morgan fingerprint density at radius 1 is 1.47 bits per heavy atom. The number of methoxy groups -OCH3 is 1. The molecule has 1 aliphatic rings. The summed E-state index contributed by atoms with van der Waals surface area (Å²) in [7, 11) is -1.71. The zero-order valence-electron chi connectivity index (χ0n) is 10.2. The molecule has 19 heavy (non-hydrogen) atoms. The smallest absolute Gasteiger partial charge is 0.337 e. The van der Waals surface area contributed by atoms with Crippen LogP contribution in [-0.4, -0.2) is 38.4 Å². The number of rotatable bonds is 4. The number of hydrogen-bond donors (Lipinski definition) is 2. The second-order valence-electron chi connectivity index (χ2n) is 4.13. The molecule has 0 radical (unpaired) electrons. The van der Waals surface area contributed by atoms with Gasteiger partial charge in [-0.25, -0.2) is 13.2 Å². The average Bonchev–Trinajstić information content (AvgIpc) is 2.68. The lowest BCUT2D eigenvalue weighted by atomic mass is 10.1. The molecule has 1 aliphatic heterocycles. The molecule has 1 aromatic rings. The highest BCUT2D eigenvalue weighted by atomic mass is 32.2. The van der Waals surface area contributed by atoms with E-state index in [0.29, 0.717) is 11.4 Å². The first-order chi connectivity index (χ1) is 8.91. The summed E-state index contributed by atoms with van der Waals surface area (Å²) in [4.78, 5) is 11.1. The summed E-state index contributed by atoms with van der Waals surface area (Å²) < 4.78 is 27.6. The minimum absolute atomic E-state index is 0.0681. The zero-order chi connectivity index (χ0) is 14.0. The average molecular weight is 283 g/mol. The van der Waals surface area contributed by atoms with E-state index in [1.54, 1.807) is 0 Å². The van der Waals surface area contributed by atoms with Crippen LogP contribution in [0.1, 0.15) is 10.4 Å². The normalized spacial score (nSPS) is 20.2. The first-order valence-electron chi connectivity index (χ1n) is 5.50. The van der Waals surface area contributed by atoms with Gasteiger partial charge in [-0.05, 0) is 12.1 Å². The Balaban J connectivity index is 2.28. The van der Waals surface area contributed by atoms with Gasteiger partial charge in [-0.15, -0.1) is 0 Å². The molecule has 0 aromatic heterocycles. The van der Waals surface area contributed by atoms with Gasteiger partial charge >= 0.3 is 5.97 Å². The Labute approximate surface area is 110 Å². The van der Waals surface area contributed by atoms with E-state index >= 15 is 0 Å². The third-order valence-corrected chi connectivity index (χ3v) is 4.12. The molecule has 7 heteroatoms. The Morgan fingerprint density at radius 2 is 2.21 bits per heavy atom. The topological polar surface area (TPSA) is 92.7 Å². The molecule has 0 fully saturated rings. The SMILES string of the molecule is COc1ccc(C(=O)O)c(NC2C=CS(=O)(=O)C2)c1. The summed E-state index contributed by atoms with van der Waals surface area (Å²) in [6.07, 6.45) is 1.50. The number of nitrogens with one attached hydrogen (secondary N) is 1. The molecule has 0 saturated heterocycles. The highest BCUT2D eigenvalue weighted by Gasteiger charge is 2.23. The van der Waals surface area contributed by atoms with Crippen LogP contribution in [0.25, 0.3) is 0 Å². The summed E-state index contributed by atoms with van der Waals surface area (Å²) in [5.74, 6) is -0.671. The van der Waals surface area contributed by atoms with Crippen molar-refractivity contribution in [1.82, 2.24) is 0 Å². The van der Waals surface area contributed by atoms with E-state index in [2.05, 4.69) is 5.32 Å². The van der Waals surface area contributed by atoms with Gasteiger partial charge in [0.2, 0.25) is 0 Å². The Kier molecular flexibility index (Phi) is 3.48. The van der Waals surface area contributed by atoms with E-state index in [1.807, 2.05) is 0 Å². The van der Waals surface area contributed by atoms with E-state index in [9.17, 15) is 13.2 Å². The van der Waals surface area contributed by atoms with Gasteiger partial charge in [0.15, 0.2) is 9.84 Å². The molecule has 0 saturated carbocycles. The van der Waals surface area contributed by atoms with Crippen molar-refractivity contribution in [3.8, 4) is 5.75 Å². The lowest BCUT2D eigenvalue weighted by Gasteiger charge is -2.14. The van der Waals surface area contributed by atoms with E-state index in [-0.39, 0.29) is 11.3 Å². The molecule has 2 N–H and O–H groups in total. The summed E-state index contributed by atoms with van der Waals surface area (Å²) in [5, 5.41) is 13.1. The van der Waals surface area contributed by atoms with Crippen molar-refractivity contribution in [2.45, 2.75) is 6.04 Å². The van der Waals surface area contributed by atoms with Crippen molar-refractivity contribution in [3.63, 3.8) is 0 Å². The molecule has 1 unspecified atom stereocenters. The maximum atomic E-state index is 11.3. The molecular formula is C12H13NO5S. The van der Waals surface area contributed by atoms with Gasteiger partial charge in [-0.2, -0.15) is 0 Å². The van der Waals surface area contributed by atoms with Crippen LogP contribution in [0.5, 0.6) is 5.75 Å². The van der Waals surface area contributed by atoms with Crippen LogP contribution in [0.15, 0.2) is 29.7 Å². The van der Waals surface area contributed by atoms with Crippen molar-refractivity contribution >= 4 is 21.5 Å². The van der Waals surface area contributed by atoms with E-state index in [4.69, 9.17) is 9.84 Å². The van der Waals surface area contributed by atoms with Gasteiger partial charge in [0.05, 0.1) is 30.2 Å². The lowest BCUT2D eigenvalue weighted by Crippen LogP contribution is -2.22. The maximum Gasteiger partial charge on any atom is 0.337 e. The first-order valence-corrected chi connectivity index (χ1v) is 7.21. The van der Waals surface area contributed by atoms with Gasteiger partial charge in [0, 0.05) is 11.5 Å². The number of anilines is 1. The van der Waals surface area contributed by atoms with Crippen molar-refractivity contribution in [3.05, 3.63) is 35.2 Å². The number of ether oxygens (including phenoxy) is 1. The second-order valence-corrected chi connectivity index (χ2v) is 6.06. The molecule has 102 valence electrons. The van der Waals surface area contributed by atoms with Gasteiger partial charge in [-0.3, -0.25) is 0 Å². The summed E-state index contributed by atoms with van der Waals surface area (Å²) in [6.45, 7) is 0. The fourth-order valence-corrected chi connectivity index (χ4v) is 3.06. The van der Waals surface area contributed by atoms with Gasteiger partial charge in [0.25, 0.3) is 0 Å². The Bertz CT molecular complexity index is 636. The molecule has 0 aliphatic carbocycles. The molecule has 0 bridgehead atoms. The van der Waals surface area contributed by atoms with Crippen molar-refractivity contribution < 1.29 is 23.1 Å². The lowest BCUT2D eigenvalue weighted by molar-refractivity contribution is 0.0698. The van der Waals surface area contributed by atoms with Crippen LogP contribution in [0, 0.1) is 0 Å². The number of hydrogen-bond acceptors (Lipinski definition) is 5. The highest BCUT2D eigenvalue weighted by Crippen LogP contribution is 2.24. The zero-order valence-corrected chi connectivity index (χ0v) is 11.0. The third-order valence-electron chi connectivity index (χ3n) is 2.73. The highest BCUT2D eigenvalue weighted by molar-refractivity contribution is 7.94. The number of carboxylic acid groups (broad SMARTS) is 1. The van der Waals surface area contributed by atoms with Crippen molar-refractivity contribution in [1.29, 1.82) is 0 Å². The van der Waals surface area contributed by atoms with Gasteiger partial charge < -0.3 is 15.2 Å². The van der Waals surface area contributed by atoms with Crippen molar-refractivity contribution in [2.24, 2.45) is 0 Å². The van der Waals surface area contributed by atoms with Crippen LogP contribution in [0.2, 0.25) is 0 Å². The number of sulfone groups is 1. The molecule has 2 rings (SSSR count). The van der Waals surface area contributed by atoms with Crippen LogP contribution < -0.4 is 10.1 Å². The van der Waals surface area contributed by atoms with Crippen molar-refractivity contribution in [2.75, 3.05) is 18.2 Å². The number of carbonyl (C=O) groups is 1. The molecule has 6 nitrogen and oxygen atoms in total. The number of benzene rings is 1. The monoisotopic (exact) mass is 283 g/mol. The molecule has 0 amide bonds. The molecule has 1 aromatic carbocycles. The standard InChI is InChI=1S/C12H13NO5S/c1-18-9-2-3-10(12(14)15)11(6-9)13-8-4-5-19(16,17)7-8/h2-6,8,13H,7H2,1H3,(H,14,15). The molecule has 1 atom stereocenters. The molecular weight excluding hydrogens is 270 g/mol. The van der Waals surface area contributed by atoms with E-state index in [0.717, 1.165) is 5.41 Å². The largest absolute Gasteiger partial charge is 0.497 e. The quantitative estimate of drug-likeness (QED) is 0.860. The molecule has 0 spiro atoms. The minimum atomic E-state index is -3.19. The van der Waals surface area contributed by atoms with Crippen LogP contribution in [0.4, 0.5) is 5.69 Å². The maximum absolute atomic E-state index is 11.3. The Hall–Kier alpha value is -2.02. The van der Waals surface area contributed by atoms with E-state index < -0.39 is 21.8 Å². The van der Waals surface area contributed by atoms with Crippen LogP contribution >= 0.6 is 0 Å². The Morgan fingerprint density at radius 3 is 2.74 bits per heavy atom. The van der Waals surface area contributed by atoms with Gasteiger partial charge in [-0.1, -0.05) is 6.08 Å². The summed E-state index contributed by atoms with van der Waals surface area (Å²) in [5.41, 5.74) is 0.400.